The maximum atomic E-state index is 10.6. The summed E-state index contributed by atoms with van der Waals surface area (Å²) >= 11 is 0. The summed E-state index contributed by atoms with van der Waals surface area (Å²) in [6.07, 6.45) is 0. The van der Waals surface area contributed by atoms with Crippen LogP contribution in [0.4, 0.5) is 5.69 Å². The monoisotopic (exact) mass is 206 g/mol. The molecule has 6 nitrogen and oxygen atoms in total. The first-order chi connectivity index (χ1) is 7.04. The molecule has 0 aliphatic carbocycles. The molecule has 0 amide bonds. The van der Waals surface area contributed by atoms with Crippen molar-refractivity contribution in [1.82, 2.24) is 0 Å². The first kappa shape index (κ1) is 10.7. The third-order valence-corrected chi connectivity index (χ3v) is 1.54. The summed E-state index contributed by atoms with van der Waals surface area (Å²) < 4.78 is 4.62. The lowest BCUT2D eigenvalue weighted by Crippen LogP contribution is -2.04. The van der Waals surface area contributed by atoms with Gasteiger partial charge in [0.1, 0.15) is 0 Å². The topological polar surface area (TPSA) is 93.2 Å². The van der Waals surface area contributed by atoms with Crippen LogP contribution in [0, 0.1) is 21.4 Å². The van der Waals surface area contributed by atoms with Gasteiger partial charge in [0.05, 0.1) is 16.6 Å². The Labute approximate surface area is 84.8 Å². The van der Waals surface area contributed by atoms with Crippen LogP contribution >= 0.6 is 0 Å². The number of nitro groups is 1. The van der Waals surface area contributed by atoms with Crippen molar-refractivity contribution in [2.75, 3.05) is 0 Å². The number of carbonyl (C=O) groups excluding carboxylic acids is 1. The second-order valence-corrected chi connectivity index (χ2v) is 2.65. The maximum Gasteiger partial charge on any atom is 0.313 e. The Bertz CT molecular complexity index is 462. The van der Waals surface area contributed by atoms with Crippen LogP contribution in [0.25, 0.3) is 0 Å². The van der Waals surface area contributed by atoms with Gasteiger partial charge in [-0.1, -0.05) is 0 Å². The second kappa shape index (κ2) is 4.19. The molecule has 1 aromatic rings. The van der Waals surface area contributed by atoms with E-state index in [0.29, 0.717) is 0 Å². The molecule has 0 N–H and O–H groups in total. The van der Waals surface area contributed by atoms with Crippen LogP contribution in [-0.4, -0.2) is 10.9 Å². The van der Waals surface area contributed by atoms with E-state index in [0.717, 1.165) is 13.0 Å². The highest BCUT2D eigenvalue weighted by Gasteiger charge is 2.17. The van der Waals surface area contributed by atoms with Gasteiger partial charge in [-0.05, 0) is 12.1 Å². The summed E-state index contributed by atoms with van der Waals surface area (Å²) in [6.45, 7) is 1.14. The van der Waals surface area contributed by atoms with Gasteiger partial charge in [-0.15, -0.1) is 0 Å². The largest absolute Gasteiger partial charge is 0.419 e. The zero-order chi connectivity index (χ0) is 11.4. The average molecular weight is 206 g/mol. The minimum Gasteiger partial charge on any atom is -0.419 e. The van der Waals surface area contributed by atoms with Crippen LogP contribution in [0.3, 0.4) is 0 Å². The van der Waals surface area contributed by atoms with Crippen molar-refractivity contribution in [1.29, 1.82) is 5.26 Å². The molecule has 0 aromatic heterocycles. The van der Waals surface area contributed by atoms with Crippen molar-refractivity contribution in [3.63, 3.8) is 0 Å². The number of benzene rings is 1. The van der Waals surface area contributed by atoms with Crippen LogP contribution in [0.5, 0.6) is 5.75 Å². The predicted molar refractivity (Wildman–Crippen MR) is 49.1 cm³/mol. The van der Waals surface area contributed by atoms with Gasteiger partial charge in [0.25, 0.3) is 0 Å². The van der Waals surface area contributed by atoms with Crippen LogP contribution < -0.4 is 4.74 Å². The third kappa shape index (κ3) is 2.51. The summed E-state index contributed by atoms with van der Waals surface area (Å²) in [5.74, 6) is -0.811. The Balaban J connectivity index is 3.22. The molecular weight excluding hydrogens is 200 g/mol. The van der Waals surface area contributed by atoms with Crippen LogP contribution in [-0.2, 0) is 4.79 Å². The maximum absolute atomic E-state index is 10.6. The molecule has 76 valence electrons. The molecule has 0 spiro atoms. The number of esters is 1. The molecule has 0 saturated heterocycles. The van der Waals surface area contributed by atoms with Crippen molar-refractivity contribution in [3.05, 3.63) is 33.9 Å². The molecule has 0 atom stereocenters. The van der Waals surface area contributed by atoms with Crippen molar-refractivity contribution in [2.45, 2.75) is 6.92 Å². The van der Waals surface area contributed by atoms with E-state index in [4.69, 9.17) is 5.26 Å². The molecule has 0 aliphatic rings. The quantitative estimate of drug-likeness (QED) is 0.315. The van der Waals surface area contributed by atoms with Gasteiger partial charge >= 0.3 is 11.7 Å². The highest BCUT2D eigenvalue weighted by molar-refractivity contribution is 5.71. The molecule has 1 aromatic carbocycles. The van der Waals surface area contributed by atoms with Gasteiger partial charge in [-0.3, -0.25) is 14.9 Å². The third-order valence-electron chi connectivity index (χ3n) is 1.54. The Hall–Kier alpha value is -2.42. The van der Waals surface area contributed by atoms with Crippen molar-refractivity contribution >= 4 is 11.7 Å². The molecule has 0 heterocycles. The van der Waals surface area contributed by atoms with Gasteiger partial charge < -0.3 is 4.74 Å². The zero-order valence-electron chi connectivity index (χ0n) is 7.76. The standard InChI is InChI=1S/C9H6N2O4/c1-6(12)15-9-3-2-7(5-10)4-8(9)11(13)14/h2-4H,1H3. The molecule has 15 heavy (non-hydrogen) atoms. The van der Waals surface area contributed by atoms with Crippen LogP contribution in [0.15, 0.2) is 18.2 Å². The Morgan fingerprint density at radius 3 is 2.73 bits per heavy atom. The summed E-state index contributed by atoms with van der Waals surface area (Å²) in [5.41, 5.74) is -0.262. The highest BCUT2D eigenvalue weighted by atomic mass is 16.6. The minimum absolute atomic E-state index is 0.137. The minimum atomic E-state index is -0.709. The number of nitriles is 1. The number of nitro benzene ring substituents is 1. The fraction of sp³-hybridized carbons (Fsp3) is 0.111. The summed E-state index contributed by atoms with van der Waals surface area (Å²) in [7, 11) is 0. The van der Waals surface area contributed by atoms with Crippen molar-refractivity contribution < 1.29 is 14.5 Å². The van der Waals surface area contributed by atoms with E-state index in [9.17, 15) is 14.9 Å². The first-order valence-corrected chi connectivity index (χ1v) is 3.91. The molecule has 0 bridgehead atoms. The number of carbonyl (C=O) groups is 1. The van der Waals surface area contributed by atoms with Crippen molar-refractivity contribution in [2.24, 2.45) is 0 Å². The van der Waals surface area contributed by atoms with E-state index in [-0.39, 0.29) is 11.3 Å². The fourth-order valence-electron chi connectivity index (χ4n) is 0.971. The number of hydrogen-bond donors (Lipinski definition) is 0. The van der Waals surface area contributed by atoms with E-state index in [1.54, 1.807) is 6.07 Å². The van der Waals surface area contributed by atoms with Gasteiger partial charge in [0, 0.05) is 13.0 Å². The van der Waals surface area contributed by atoms with Gasteiger partial charge in [0.15, 0.2) is 0 Å². The normalized spacial score (nSPS) is 9.07. The van der Waals surface area contributed by atoms with E-state index in [2.05, 4.69) is 4.74 Å². The smallest absolute Gasteiger partial charge is 0.313 e. The highest BCUT2D eigenvalue weighted by Crippen LogP contribution is 2.27. The molecule has 1 rings (SSSR count). The molecule has 0 saturated carbocycles. The molecule has 0 unspecified atom stereocenters. The van der Waals surface area contributed by atoms with Gasteiger partial charge in [-0.25, -0.2) is 0 Å². The molecule has 0 aliphatic heterocycles. The van der Waals surface area contributed by atoms with Gasteiger partial charge in [-0.2, -0.15) is 5.26 Å². The summed E-state index contributed by atoms with van der Waals surface area (Å²) in [6, 6.07) is 5.37. The molecule has 6 heteroatoms. The second-order valence-electron chi connectivity index (χ2n) is 2.65. The summed E-state index contributed by atoms with van der Waals surface area (Å²) in [5, 5.41) is 19.1. The molecule has 0 radical (unpaired) electrons. The Morgan fingerprint density at radius 2 is 2.27 bits per heavy atom. The van der Waals surface area contributed by atoms with Gasteiger partial charge in [0.2, 0.25) is 5.75 Å². The number of nitrogens with zero attached hydrogens (tertiary/aromatic N) is 2. The lowest BCUT2D eigenvalue weighted by molar-refractivity contribution is -0.385. The van der Waals surface area contributed by atoms with E-state index < -0.39 is 16.6 Å². The Morgan fingerprint density at radius 1 is 1.60 bits per heavy atom. The van der Waals surface area contributed by atoms with E-state index >= 15 is 0 Å². The van der Waals surface area contributed by atoms with Crippen LogP contribution in [0.1, 0.15) is 12.5 Å². The predicted octanol–water partition coefficient (Wildman–Crippen LogP) is 1.39. The van der Waals surface area contributed by atoms with E-state index in [1.165, 1.54) is 12.1 Å². The first-order valence-electron chi connectivity index (χ1n) is 3.91. The fourth-order valence-corrected chi connectivity index (χ4v) is 0.971. The number of hydrogen-bond acceptors (Lipinski definition) is 5. The number of rotatable bonds is 2. The van der Waals surface area contributed by atoms with Crippen molar-refractivity contribution in [3.8, 4) is 11.8 Å². The van der Waals surface area contributed by atoms with E-state index in [1.807, 2.05) is 0 Å². The zero-order valence-corrected chi connectivity index (χ0v) is 7.76. The summed E-state index contributed by atoms with van der Waals surface area (Å²) in [4.78, 5) is 20.5. The lowest BCUT2D eigenvalue weighted by Gasteiger charge is -2.01. The average Bonchev–Trinajstić information content (AvgIpc) is 2.17. The Kier molecular flexibility index (Phi) is 2.98. The molecular formula is C9H6N2O4. The molecule has 0 fully saturated rings. The SMILES string of the molecule is CC(=O)Oc1ccc(C#N)cc1[N+](=O)[O-]. The number of ether oxygens (including phenoxy) is 1. The lowest BCUT2D eigenvalue weighted by atomic mass is 10.2. The van der Waals surface area contributed by atoms with Crippen LogP contribution in [0.2, 0.25) is 0 Å².